The Morgan fingerprint density at radius 3 is 2.67 bits per heavy atom. The highest BCUT2D eigenvalue weighted by Gasteiger charge is 2.41. The summed E-state index contributed by atoms with van der Waals surface area (Å²) in [6.45, 7) is 0. The zero-order valence-electron chi connectivity index (χ0n) is 11.4. The Morgan fingerprint density at radius 2 is 1.90 bits per heavy atom. The van der Waals surface area contributed by atoms with Gasteiger partial charge in [0, 0.05) is 16.2 Å². The van der Waals surface area contributed by atoms with E-state index in [1.54, 1.807) is 0 Å². The molecule has 1 aliphatic carbocycles. The van der Waals surface area contributed by atoms with Crippen LogP contribution in [0.15, 0.2) is 53.0 Å². The molecule has 1 heterocycles. The third-order valence-corrected chi connectivity index (χ3v) is 4.56. The molecule has 1 N–H and O–H groups in total. The van der Waals surface area contributed by atoms with E-state index < -0.39 is 0 Å². The van der Waals surface area contributed by atoms with E-state index in [1.165, 1.54) is 0 Å². The molecule has 1 fully saturated rings. The van der Waals surface area contributed by atoms with Gasteiger partial charge >= 0.3 is 0 Å². The molecule has 21 heavy (non-hydrogen) atoms. The molecule has 0 saturated heterocycles. The number of anilines is 1. The summed E-state index contributed by atoms with van der Waals surface area (Å²) in [6, 6.07) is 16.3. The molecule has 1 saturated carbocycles. The van der Waals surface area contributed by atoms with Gasteiger partial charge in [0.2, 0.25) is 0 Å². The maximum atomic E-state index is 12.8. The Balaban J connectivity index is 1.80. The minimum absolute atomic E-state index is 0.0857. The SMILES string of the molecule is O=C1c2ccccc2NC(c2cccc(Br)c2)N1C1CC1. The Kier molecular flexibility index (Phi) is 3.00. The number of amides is 1. The van der Waals surface area contributed by atoms with Crippen LogP contribution < -0.4 is 5.32 Å². The van der Waals surface area contributed by atoms with E-state index in [9.17, 15) is 4.79 Å². The summed E-state index contributed by atoms with van der Waals surface area (Å²) in [4.78, 5) is 14.8. The lowest BCUT2D eigenvalue weighted by Crippen LogP contribution is -2.44. The van der Waals surface area contributed by atoms with Crippen LogP contribution in [0.3, 0.4) is 0 Å². The van der Waals surface area contributed by atoms with Crippen LogP contribution >= 0.6 is 15.9 Å². The van der Waals surface area contributed by atoms with Gasteiger partial charge in [-0.3, -0.25) is 4.79 Å². The van der Waals surface area contributed by atoms with Crippen molar-refractivity contribution in [1.29, 1.82) is 0 Å². The van der Waals surface area contributed by atoms with Gasteiger partial charge in [0.05, 0.1) is 5.56 Å². The Morgan fingerprint density at radius 1 is 1.10 bits per heavy atom. The zero-order valence-corrected chi connectivity index (χ0v) is 13.0. The van der Waals surface area contributed by atoms with Crippen molar-refractivity contribution in [2.75, 3.05) is 5.32 Å². The summed E-state index contributed by atoms with van der Waals surface area (Å²) in [5.74, 6) is 0.136. The molecule has 4 rings (SSSR count). The highest BCUT2D eigenvalue weighted by molar-refractivity contribution is 9.10. The monoisotopic (exact) mass is 342 g/mol. The number of hydrogen-bond acceptors (Lipinski definition) is 2. The Bertz CT molecular complexity index is 711. The van der Waals surface area contributed by atoms with Crippen LogP contribution in [0.25, 0.3) is 0 Å². The Hall–Kier alpha value is -1.81. The maximum Gasteiger partial charge on any atom is 0.258 e. The van der Waals surface area contributed by atoms with Gasteiger partial charge < -0.3 is 10.2 Å². The lowest BCUT2D eigenvalue weighted by atomic mass is 10.0. The van der Waals surface area contributed by atoms with Crippen LogP contribution in [-0.4, -0.2) is 16.8 Å². The molecule has 2 aliphatic rings. The molecular formula is C17H15BrN2O. The number of rotatable bonds is 2. The predicted molar refractivity (Wildman–Crippen MR) is 86.1 cm³/mol. The lowest BCUT2D eigenvalue weighted by molar-refractivity contribution is 0.0666. The largest absolute Gasteiger partial charge is 0.361 e. The van der Waals surface area contributed by atoms with Gasteiger partial charge in [0.25, 0.3) is 5.91 Å². The van der Waals surface area contributed by atoms with Gasteiger partial charge in [-0.2, -0.15) is 0 Å². The van der Waals surface area contributed by atoms with Crippen molar-refractivity contribution in [2.24, 2.45) is 0 Å². The summed E-state index contributed by atoms with van der Waals surface area (Å²) in [7, 11) is 0. The van der Waals surface area contributed by atoms with Gasteiger partial charge in [-0.1, -0.05) is 40.2 Å². The topological polar surface area (TPSA) is 32.3 Å². The maximum absolute atomic E-state index is 12.8. The summed E-state index contributed by atoms with van der Waals surface area (Å²) < 4.78 is 1.03. The van der Waals surface area contributed by atoms with Crippen LogP contribution in [0.4, 0.5) is 5.69 Å². The number of para-hydroxylation sites is 1. The fraction of sp³-hybridized carbons (Fsp3) is 0.235. The highest BCUT2D eigenvalue weighted by atomic mass is 79.9. The average Bonchev–Trinajstić information content (AvgIpc) is 3.32. The van der Waals surface area contributed by atoms with Crippen molar-refractivity contribution in [3.63, 3.8) is 0 Å². The molecule has 4 heteroatoms. The summed E-state index contributed by atoms with van der Waals surface area (Å²) >= 11 is 3.52. The molecule has 1 aliphatic heterocycles. The number of carbonyl (C=O) groups is 1. The number of nitrogens with zero attached hydrogens (tertiary/aromatic N) is 1. The van der Waals surface area contributed by atoms with Crippen molar-refractivity contribution in [3.05, 3.63) is 64.1 Å². The minimum Gasteiger partial charge on any atom is -0.361 e. The van der Waals surface area contributed by atoms with Gasteiger partial charge in [0.15, 0.2) is 0 Å². The van der Waals surface area contributed by atoms with Crippen LogP contribution in [0, 0.1) is 0 Å². The fourth-order valence-corrected chi connectivity index (χ4v) is 3.34. The molecular weight excluding hydrogens is 328 g/mol. The zero-order chi connectivity index (χ0) is 14.4. The van der Waals surface area contributed by atoms with Crippen LogP contribution in [-0.2, 0) is 0 Å². The van der Waals surface area contributed by atoms with Crippen LogP contribution in [0.5, 0.6) is 0 Å². The van der Waals surface area contributed by atoms with E-state index in [1.807, 2.05) is 41.3 Å². The first-order valence-electron chi connectivity index (χ1n) is 7.18. The molecule has 0 spiro atoms. The molecule has 1 unspecified atom stereocenters. The molecule has 106 valence electrons. The molecule has 3 nitrogen and oxygen atoms in total. The van der Waals surface area contributed by atoms with Crippen molar-refractivity contribution < 1.29 is 4.79 Å². The first-order valence-corrected chi connectivity index (χ1v) is 7.97. The van der Waals surface area contributed by atoms with Crippen molar-refractivity contribution in [2.45, 2.75) is 25.0 Å². The van der Waals surface area contributed by atoms with E-state index in [2.05, 4.69) is 33.4 Å². The second-order valence-corrected chi connectivity index (χ2v) is 6.51. The van der Waals surface area contributed by atoms with E-state index in [4.69, 9.17) is 0 Å². The van der Waals surface area contributed by atoms with E-state index in [-0.39, 0.29) is 12.1 Å². The molecule has 1 atom stereocenters. The third kappa shape index (κ3) is 2.23. The number of carbonyl (C=O) groups excluding carboxylic acids is 1. The van der Waals surface area contributed by atoms with Gasteiger partial charge in [-0.15, -0.1) is 0 Å². The molecule has 0 radical (unpaired) electrons. The molecule has 2 aromatic rings. The second-order valence-electron chi connectivity index (χ2n) is 5.59. The first kappa shape index (κ1) is 12.9. The highest BCUT2D eigenvalue weighted by Crippen LogP contribution is 2.40. The summed E-state index contributed by atoms with van der Waals surface area (Å²) in [6.07, 6.45) is 2.11. The second kappa shape index (κ2) is 4.88. The first-order chi connectivity index (χ1) is 10.2. The van der Waals surface area contributed by atoms with E-state index >= 15 is 0 Å². The van der Waals surface area contributed by atoms with Crippen molar-refractivity contribution in [3.8, 4) is 0 Å². The van der Waals surface area contributed by atoms with Gasteiger partial charge in [-0.05, 0) is 42.7 Å². The summed E-state index contributed by atoms with van der Waals surface area (Å²) in [5, 5.41) is 3.53. The van der Waals surface area contributed by atoms with Crippen LogP contribution in [0.1, 0.15) is 34.9 Å². The van der Waals surface area contributed by atoms with Crippen LogP contribution in [0.2, 0.25) is 0 Å². The number of fused-ring (bicyclic) bond motifs is 1. The van der Waals surface area contributed by atoms with Gasteiger partial charge in [0.1, 0.15) is 6.17 Å². The smallest absolute Gasteiger partial charge is 0.258 e. The van der Waals surface area contributed by atoms with E-state index in [0.717, 1.165) is 34.1 Å². The molecule has 0 aromatic heterocycles. The summed E-state index contributed by atoms with van der Waals surface area (Å²) in [5.41, 5.74) is 2.80. The third-order valence-electron chi connectivity index (χ3n) is 4.07. The predicted octanol–water partition coefficient (Wildman–Crippen LogP) is 4.18. The van der Waals surface area contributed by atoms with Crippen molar-refractivity contribution >= 4 is 27.5 Å². The lowest BCUT2D eigenvalue weighted by Gasteiger charge is -2.38. The fourth-order valence-electron chi connectivity index (χ4n) is 2.92. The van der Waals surface area contributed by atoms with E-state index in [0.29, 0.717) is 6.04 Å². The Labute approximate surface area is 132 Å². The number of nitrogens with one attached hydrogen (secondary N) is 1. The molecule has 2 aromatic carbocycles. The quantitative estimate of drug-likeness (QED) is 0.887. The molecule has 0 bridgehead atoms. The average molecular weight is 343 g/mol. The van der Waals surface area contributed by atoms with Crippen molar-refractivity contribution in [1.82, 2.24) is 4.90 Å². The normalized spacial score (nSPS) is 20.9. The molecule has 1 amide bonds. The number of hydrogen-bond donors (Lipinski definition) is 1. The standard InChI is InChI=1S/C17H15BrN2O/c18-12-5-3-4-11(10-12)16-19-15-7-2-1-6-14(15)17(21)20(16)13-8-9-13/h1-7,10,13,16,19H,8-9H2. The number of benzene rings is 2. The van der Waals surface area contributed by atoms with Gasteiger partial charge in [-0.25, -0.2) is 0 Å². The number of halogens is 1. The minimum atomic E-state index is -0.0857.